The van der Waals surface area contributed by atoms with Crippen LogP contribution in [0, 0.1) is 13.8 Å². The van der Waals surface area contributed by atoms with Crippen LogP contribution in [-0.2, 0) is 10.0 Å². The predicted octanol–water partition coefficient (Wildman–Crippen LogP) is 3.97. The molecule has 1 aromatic heterocycles. The molecule has 3 aromatic rings. The van der Waals surface area contributed by atoms with Crippen LogP contribution < -0.4 is 14.2 Å². The van der Waals surface area contributed by atoms with Gasteiger partial charge in [-0.3, -0.25) is 4.72 Å². The SMILES string of the molecule is CCOc1ccc(-c2ccc(NS(=O)(=O)c3cc(C)c(OC)cc3C)cc2)nn1. The smallest absolute Gasteiger partial charge is 0.262 e. The summed E-state index contributed by atoms with van der Waals surface area (Å²) in [5.74, 6) is 1.12. The Morgan fingerprint density at radius 2 is 1.69 bits per heavy atom. The van der Waals surface area contributed by atoms with Crippen LogP contribution >= 0.6 is 0 Å². The number of nitrogens with one attached hydrogen (secondary N) is 1. The summed E-state index contributed by atoms with van der Waals surface area (Å²) >= 11 is 0. The second kappa shape index (κ2) is 8.48. The Bertz CT molecular complexity index is 1100. The van der Waals surface area contributed by atoms with Crippen molar-refractivity contribution in [2.24, 2.45) is 0 Å². The molecular formula is C21H23N3O4S. The first-order valence-electron chi connectivity index (χ1n) is 9.09. The fourth-order valence-electron chi connectivity index (χ4n) is 2.89. The Labute approximate surface area is 170 Å². The van der Waals surface area contributed by atoms with Crippen LogP contribution in [0.25, 0.3) is 11.3 Å². The molecule has 0 aliphatic heterocycles. The summed E-state index contributed by atoms with van der Waals surface area (Å²) in [4.78, 5) is 0.220. The van der Waals surface area contributed by atoms with E-state index in [1.165, 1.54) is 0 Å². The highest BCUT2D eigenvalue weighted by Gasteiger charge is 2.19. The predicted molar refractivity (Wildman–Crippen MR) is 112 cm³/mol. The lowest BCUT2D eigenvalue weighted by atomic mass is 10.1. The molecule has 0 saturated carbocycles. The topological polar surface area (TPSA) is 90.4 Å². The highest BCUT2D eigenvalue weighted by Crippen LogP contribution is 2.28. The summed E-state index contributed by atoms with van der Waals surface area (Å²) in [6, 6.07) is 13.8. The minimum atomic E-state index is -3.73. The standard InChI is InChI=1S/C21H23N3O4S/c1-5-28-21-11-10-18(22-23-21)16-6-8-17(9-7-16)24-29(25,26)20-13-14(2)19(27-4)12-15(20)3/h6-13,24H,5H2,1-4H3. The molecule has 0 aliphatic rings. The molecule has 0 fully saturated rings. The summed E-state index contributed by atoms with van der Waals surface area (Å²) in [6.07, 6.45) is 0. The molecule has 0 bridgehead atoms. The van der Waals surface area contributed by atoms with Crippen LogP contribution in [0.4, 0.5) is 5.69 Å². The molecule has 29 heavy (non-hydrogen) atoms. The van der Waals surface area contributed by atoms with Gasteiger partial charge in [-0.25, -0.2) is 8.42 Å². The van der Waals surface area contributed by atoms with Crippen LogP contribution in [0.5, 0.6) is 11.6 Å². The van der Waals surface area contributed by atoms with Crippen LogP contribution in [-0.4, -0.2) is 32.3 Å². The third-order valence-electron chi connectivity index (χ3n) is 4.35. The third kappa shape index (κ3) is 4.65. The summed E-state index contributed by atoms with van der Waals surface area (Å²) < 4.78 is 38.8. The maximum atomic E-state index is 12.8. The Kier molecular flexibility index (Phi) is 6.03. The molecule has 0 spiro atoms. The lowest BCUT2D eigenvalue weighted by Gasteiger charge is -2.13. The molecule has 8 heteroatoms. The van der Waals surface area contributed by atoms with Crippen LogP contribution in [0.3, 0.4) is 0 Å². The summed E-state index contributed by atoms with van der Waals surface area (Å²) in [5.41, 5.74) is 3.31. The van der Waals surface area contributed by atoms with E-state index >= 15 is 0 Å². The second-order valence-electron chi connectivity index (χ2n) is 6.46. The highest BCUT2D eigenvalue weighted by atomic mass is 32.2. The molecule has 0 aliphatic carbocycles. The fraction of sp³-hybridized carbons (Fsp3) is 0.238. The molecule has 152 valence electrons. The zero-order valence-corrected chi connectivity index (χ0v) is 17.6. The van der Waals surface area contributed by atoms with Gasteiger partial charge in [0.25, 0.3) is 10.0 Å². The molecule has 3 rings (SSSR count). The van der Waals surface area contributed by atoms with E-state index in [1.807, 2.05) is 13.8 Å². The molecule has 1 N–H and O–H groups in total. The Hall–Kier alpha value is -3.13. The molecular weight excluding hydrogens is 390 g/mol. The van der Waals surface area contributed by atoms with Gasteiger partial charge in [-0.1, -0.05) is 12.1 Å². The van der Waals surface area contributed by atoms with E-state index in [4.69, 9.17) is 9.47 Å². The van der Waals surface area contributed by atoms with Crippen LogP contribution in [0.15, 0.2) is 53.4 Å². The molecule has 0 atom stereocenters. The van der Waals surface area contributed by atoms with Gasteiger partial charge in [0, 0.05) is 17.3 Å². The van der Waals surface area contributed by atoms with Crippen molar-refractivity contribution in [2.45, 2.75) is 25.7 Å². The van der Waals surface area contributed by atoms with E-state index < -0.39 is 10.0 Å². The van der Waals surface area contributed by atoms with E-state index in [1.54, 1.807) is 62.6 Å². The first kappa shape index (κ1) is 20.6. The minimum Gasteiger partial charge on any atom is -0.496 e. The Morgan fingerprint density at radius 1 is 0.966 bits per heavy atom. The number of nitrogens with zero attached hydrogens (tertiary/aromatic N) is 2. The summed E-state index contributed by atoms with van der Waals surface area (Å²) in [7, 11) is -2.17. The van der Waals surface area contributed by atoms with Crippen molar-refractivity contribution in [1.82, 2.24) is 10.2 Å². The highest BCUT2D eigenvalue weighted by molar-refractivity contribution is 7.92. The zero-order valence-electron chi connectivity index (χ0n) is 16.8. The fourth-order valence-corrected chi connectivity index (χ4v) is 4.26. The third-order valence-corrected chi connectivity index (χ3v) is 5.87. The average molecular weight is 413 g/mol. The van der Waals surface area contributed by atoms with E-state index in [9.17, 15) is 8.42 Å². The van der Waals surface area contributed by atoms with Crippen molar-refractivity contribution in [3.63, 3.8) is 0 Å². The number of methoxy groups -OCH3 is 1. The molecule has 7 nitrogen and oxygen atoms in total. The van der Waals surface area contributed by atoms with Crippen molar-refractivity contribution in [1.29, 1.82) is 0 Å². The number of sulfonamides is 1. The van der Waals surface area contributed by atoms with Gasteiger partial charge in [-0.05, 0) is 62.2 Å². The van der Waals surface area contributed by atoms with Crippen LogP contribution in [0.1, 0.15) is 18.1 Å². The van der Waals surface area contributed by atoms with Gasteiger partial charge in [0.1, 0.15) is 5.75 Å². The monoisotopic (exact) mass is 413 g/mol. The van der Waals surface area contributed by atoms with Crippen molar-refractivity contribution >= 4 is 15.7 Å². The van der Waals surface area contributed by atoms with Crippen LogP contribution in [0.2, 0.25) is 0 Å². The number of hydrogen-bond acceptors (Lipinski definition) is 6. The lowest BCUT2D eigenvalue weighted by Crippen LogP contribution is -2.14. The molecule has 0 amide bonds. The van der Waals surface area contributed by atoms with Crippen molar-refractivity contribution < 1.29 is 17.9 Å². The molecule has 0 saturated heterocycles. The van der Waals surface area contributed by atoms with Gasteiger partial charge >= 0.3 is 0 Å². The molecule has 1 heterocycles. The molecule has 0 radical (unpaired) electrons. The lowest BCUT2D eigenvalue weighted by molar-refractivity contribution is 0.323. The van der Waals surface area contributed by atoms with E-state index in [-0.39, 0.29) is 4.90 Å². The van der Waals surface area contributed by atoms with Gasteiger partial charge in [0.15, 0.2) is 0 Å². The first-order chi connectivity index (χ1) is 13.8. The number of anilines is 1. The van der Waals surface area contributed by atoms with Gasteiger partial charge < -0.3 is 9.47 Å². The summed E-state index contributed by atoms with van der Waals surface area (Å²) in [6.45, 7) is 5.95. The number of aryl methyl sites for hydroxylation is 2. The zero-order chi connectivity index (χ0) is 21.0. The molecule has 0 unspecified atom stereocenters. The first-order valence-corrected chi connectivity index (χ1v) is 10.6. The van der Waals surface area contributed by atoms with E-state index in [0.717, 1.165) is 11.1 Å². The number of rotatable bonds is 7. The number of ether oxygens (including phenoxy) is 2. The largest absolute Gasteiger partial charge is 0.496 e. The van der Waals surface area contributed by atoms with E-state index in [2.05, 4.69) is 14.9 Å². The maximum absolute atomic E-state index is 12.8. The average Bonchev–Trinajstić information content (AvgIpc) is 2.70. The van der Waals surface area contributed by atoms with Crippen molar-refractivity contribution in [3.05, 3.63) is 59.7 Å². The Balaban J connectivity index is 1.81. The van der Waals surface area contributed by atoms with Crippen molar-refractivity contribution in [3.8, 4) is 22.9 Å². The van der Waals surface area contributed by atoms with Gasteiger partial charge in [0.05, 0.1) is 24.3 Å². The summed E-state index contributed by atoms with van der Waals surface area (Å²) in [5, 5.41) is 8.14. The molecule has 2 aromatic carbocycles. The van der Waals surface area contributed by atoms with Gasteiger partial charge in [-0.15, -0.1) is 10.2 Å². The quantitative estimate of drug-likeness (QED) is 0.630. The number of benzene rings is 2. The number of aromatic nitrogens is 2. The van der Waals surface area contributed by atoms with Gasteiger partial charge in [0.2, 0.25) is 5.88 Å². The number of hydrogen-bond donors (Lipinski definition) is 1. The van der Waals surface area contributed by atoms with Gasteiger partial charge in [-0.2, -0.15) is 0 Å². The minimum absolute atomic E-state index is 0.220. The Morgan fingerprint density at radius 3 is 2.28 bits per heavy atom. The van der Waals surface area contributed by atoms with Crippen molar-refractivity contribution in [2.75, 3.05) is 18.4 Å². The normalized spacial score (nSPS) is 11.2. The second-order valence-corrected chi connectivity index (χ2v) is 8.11. The maximum Gasteiger partial charge on any atom is 0.262 e. The van der Waals surface area contributed by atoms with E-state index in [0.29, 0.717) is 35.2 Å².